The number of hydrogen-bond acceptors (Lipinski definition) is 4. The van der Waals surface area contributed by atoms with Gasteiger partial charge in [0.25, 0.3) is 0 Å². The minimum absolute atomic E-state index is 0.335. The van der Waals surface area contributed by atoms with Gasteiger partial charge in [-0.1, -0.05) is 19.9 Å². The van der Waals surface area contributed by atoms with E-state index in [1.165, 1.54) is 7.11 Å². The van der Waals surface area contributed by atoms with Crippen LogP contribution in [0, 0.1) is 0 Å². The summed E-state index contributed by atoms with van der Waals surface area (Å²) >= 11 is 0. The summed E-state index contributed by atoms with van der Waals surface area (Å²) in [5, 5.41) is 0. The molecule has 1 aliphatic rings. The van der Waals surface area contributed by atoms with Gasteiger partial charge in [-0.3, -0.25) is 0 Å². The Morgan fingerprint density at radius 3 is 2.65 bits per heavy atom. The van der Waals surface area contributed by atoms with Gasteiger partial charge < -0.3 is 14.2 Å². The molecule has 2 rings (SSSR count). The van der Waals surface area contributed by atoms with Crippen LogP contribution >= 0.6 is 0 Å². The van der Waals surface area contributed by atoms with Crippen molar-refractivity contribution in [2.24, 2.45) is 0 Å². The first-order valence-electron chi connectivity index (χ1n) is 6.71. The van der Waals surface area contributed by atoms with Crippen LogP contribution in [-0.4, -0.2) is 18.9 Å². The Hall–Kier alpha value is -1.97. The molecule has 0 spiro atoms. The van der Waals surface area contributed by atoms with E-state index in [1.54, 1.807) is 19.9 Å². The van der Waals surface area contributed by atoms with Gasteiger partial charge in [-0.05, 0) is 24.1 Å². The Labute approximate surface area is 119 Å². The second-order valence-corrected chi connectivity index (χ2v) is 5.26. The van der Waals surface area contributed by atoms with E-state index in [-0.39, 0.29) is 0 Å². The zero-order valence-electron chi connectivity index (χ0n) is 12.4. The molecule has 1 aromatic carbocycles. The van der Waals surface area contributed by atoms with Crippen molar-refractivity contribution in [2.75, 3.05) is 7.11 Å². The maximum atomic E-state index is 12.2. The first-order valence-corrected chi connectivity index (χ1v) is 6.71. The number of cyclic esters (lactones) is 1. The molecule has 0 N–H and O–H groups in total. The molecule has 0 bridgehead atoms. The lowest BCUT2D eigenvalue weighted by molar-refractivity contribution is -0.127. The average Bonchev–Trinajstić information content (AvgIpc) is 2.36. The van der Waals surface area contributed by atoms with Gasteiger partial charge in [-0.2, -0.15) is 0 Å². The molecular weight excluding hydrogens is 256 g/mol. The van der Waals surface area contributed by atoms with Crippen molar-refractivity contribution in [3.63, 3.8) is 0 Å². The first kappa shape index (κ1) is 14.4. The molecule has 0 saturated heterocycles. The molecule has 0 saturated carbocycles. The highest BCUT2D eigenvalue weighted by molar-refractivity contribution is 5.98. The van der Waals surface area contributed by atoms with Gasteiger partial charge in [0, 0.05) is 19.4 Å². The van der Waals surface area contributed by atoms with Gasteiger partial charge in [-0.25, -0.2) is 4.79 Å². The van der Waals surface area contributed by atoms with E-state index in [0.29, 0.717) is 17.1 Å². The number of hydrogen-bond donors (Lipinski definition) is 0. The molecule has 1 aliphatic heterocycles. The SMILES string of the molecule is C=C(CCC)c1ccc(OC)c2c1OC(C)(C)OC2=O. The third-order valence-corrected chi connectivity index (χ3v) is 3.16. The molecule has 0 fully saturated rings. The normalized spacial score (nSPS) is 15.9. The second kappa shape index (κ2) is 5.19. The first-order chi connectivity index (χ1) is 9.39. The summed E-state index contributed by atoms with van der Waals surface area (Å²) in [6, 6.07) is 3.63. The highest BCUT2D eigenvalue weighted by Gasteiger charge is 2.37. The van der Waals surface area contributed by atoms with Crippen LogP contribution in [0.1, 0.15) is 49.5 Å². The fourth-order valence-corrected chi connectivity index (χ4v) is 2.29. The number of rotatable bonds is 4. The van der Waals surface area contributed by atoms with E-state index >= 15 is 0 Å². The van der Waals surface area contributed by atoms with E-state index in [0.717, 1.165) is 24.0 Å². The van der Waals surface area contributed by atoms with E-state index < -0.39 is 11.8 Å². The minimum Gasteiger partial charge on any atom is -0.496 e. The van der Waals surface area contributed by atoms with Crippen molar-refractivity contribution in [1.29, 1.82) is 0 Å². The lowest BCUT2D eigenvalue weighted by Crippen LogP contribution is -2.39. The molecule has 1 heterocycles. The van der Waals surface area contributed by atoms with Crippen molar-refractivity contribution in [2.45, 2.75) is 39.4 Å². The third-order valence-electron chi connectivity index (χ3n) is 3.16. The zero-order valence-corrected chi connectivity index (χ0v) is 12.4. The van der Waals surface area contributed by atoms with Gasteiger partial charge in [0.15, 0.2) is 0 Å². The van der Waals surface area contributed by atoms with Crippen LogP contribution < -0.4 is 9.47 Å². The summed E-state index contributed by atoms with van der Waals surface area (Å²) in [4.78, 5) is 12.2. The van der Waals surface area contributed by atoms with Crippen LogP contribution in [0.5, 0.6) is 11.5 Å². The minimum atomic E-state index is -0.988. The van der Waals surface area contributed by atoms with Gasteiger partial charge in [0.2, 0.25) is 5.79 Å². The number of methoxy groups -OCH3 is 1. The lowest BCUT2D eigenvalue weighted by Gasteiger charge is -2.33. The van der Waals surface area contributed by atoms with E-state index in [2.05, 4.69) is 13.5 Å². The number of allylic oxidation sites excluding steroid dienone is 1. The Morgan fingerprint density at radius 1 is 1.35 bits per heavy atom. The molecule has 0 radical (unpaired) electrons. The molecule has 0 amide bonds. The molecule has 0 atom stereocenters. The van der Waals surface area contributed by atoms with Crippen molar-refractivity contribution >= 4 is 11.5 Å². The molecular formula is C16H20O4. The second-order valence-electron chi connectivity index (χ2n) is 5.26. The highest BCUT2D eigenvalue weighted by atomic mass is 16.7. The van der Waals surface area contributed by atoms with E-state index in [9.17, 15) is 4.79 Å². The highest BCUT2D eigenvalue weighted by Crippen LogP contribution is 2.42. The zero-order chi connectivity index (χ0) is 14.9. The number of benzene rings is 1. The van der Waals surface area contributed by atoms with Gasteiger partial charge in [0.1, 0.15) is 17.1 Å². The Bertz CT molecular complexity index is 558. The van der Waals surface area contributed by atoms with Crippen molar-refractivity contribution in [3.05, 3.63) is 29.8 Å². The molecule has 108 valence electrons. The predicted octanol–water partition coefficient (Wildman–Crippen LogP) is 3.79. The fraction of sp³-hybridized carbons (Fsp3) is 0.438. The molecule has 0 unspecified atom stereocenters. The number of esters is 1. The molecule has 20 heavy (non-hydrogen) atoms. The molecule has 0 aliphatic carbocycles. The van der Waals surface area contributed by atoms with E-state index in [1.807, 2.05) is 6.07 Å². The summed E-state index contributed by atoms with van der Waals surface area (Å²) in [5.41, 5.74) is 2.12. The number of carbonyl (C=O) groups excluding carboxylic acids is 1. The Kier molecular flexibility index (Phi) is 3.75. The maximum Gasteiger partial charge on any atom is 0.349 e. The van der Waals surface area contributed by atoms with Crippen LogP contribution in [0.15, 0.2) is 18.7 Å². The monoisotopic (exact) mass is 276 g/mol. The largest absolute Gasteiger partial charge is 0.496 e. The number of ether oxygens (including phenoxy) is 3. The summed E-state index contributed by atoms with van der Waals surface area (Å²) in [5.74, 6) is -0.464. The summed E-state index contributed by atoms with van der Waals surface area (Å²) in [7, 11) is 1.52. The fourth-order valence-electron chi connectivity index (χ4n) is 2.29. The molecule has 1 aromatic rings. The van der Waals surface area contributed by atoms with E-state index in [4.69, 9.17) is 14.2 Å². The predicted molar refractivity (Wildman–Crippen MR) is 77.1 cm³/mol. The maximum absolute atomic E-state index is 12.2. The van der Waals surface area contributed by atoms with Crippen LogP contribution in [0.25, 0.3) is 5.57 Å². The Balaban J connectivity index is 2.60. The Morgan fingerprint density at radius 2 is 2.05 bits per heavy atom. The average molecular weight is 276 g/mol. The van der Waals surface area contributed by atoms with Crippen molar-refractivity contribution in [1.82, 2.24) is 0 Å². The summed E-state index contributed by atoms with van der Waals surface area (Å²) in [6.07, 6.45) is 1.82. The molecule has 4 nitrogen and oxygen atoms in total. The van der Waals surface area contributed by atoms with Crippen LogP contribution in [0.4, 0.5) is 0 Å². The third kappa shape index (κ3) is 2.50. The molecule has 0 aromatic heterocycles. The smallest absolute Gasteiger partial charge is 0.349 e. The van der Waals surface area contributed by atoms with Gasteiger partial charge >= 0.3 is 5.97 Å². The van der Waals surface area contributed by atoms with Crippen molar-refractivity contribution < 1.29 is 19.0 Å². The summed E-state index contributed by atoms with van der Waals surface area (Å²) in [6.45, 7) is 9.58. The molecule has 4 heteroatoms. The summed E-state index contributed by atoms with van der Waals surface area (Å²) < 4.78 is 16.3. The van der Waals surface area contributed by atoms with Crippen molar-refractivity contribution in [3.8, 4) is 11.5 Å². The number of carbonyl (C=O) groups is 1. The van der Waals surface area contributed by atoms with Crippen LogP contribution in [0.2, 0.25) is 0 Å². The lowest BCUT2D eigenvalue weighted by atomic mass is 9.97. The topological polar surface area (TPSA) is 44.8 Å². The quantitative estimate of drug-likeness (QED) is 0.785. The van der Waals surface area contributed by atoms with Crippen LogP contribution in [0.3, 0.4) is 0 Å². The van der Waals surface area contributed by atoms with Crippen LogP contribution in [-0.2, 0) is 4.74 Å². The van der Waals surface area contributed by atoms with Gasteiger partial charge in [-0.15, -0.1) is 0 Å². The number of fused-ring (bicyclic) bond motifs is 1. The standard InChI is InChI=1S/C16H20O4/c1-6-7-10(2)11-8-9-12(18-5)13-14(11)19-16(3,4)20-15(13)17/h8-9H,2,6-7H2,1,3-5H3. The van der Waals surface area contributed by atoms with Gasteiger partial charge in [0.05, 0.1) is 7.11 Å².